The van der Waals surface area contributed by atoms with Gasteiger partial charge in [-0.3, -0.25) is 52.9 Å². The Labute approximate surface area is 374 Å². The van der Waals surface area contributed by atoms with Crippen LogP contribution in [0.15, 0.2) is 4.99 Å². The SMILES string of the molecule is NCCCCC1NC(=O)C(CC(=O)O)NC(=O)CNC(=O)C(CCCN=C(N)N)NC(=O)C(N)CSSCC(C(=O)O)NC(=O)C(CC(=O)O)NC(=O)C2CCCN2C(=O)CNC1=O. The molecule has 2 rings (SSSR count). The standard InChI is InChI=1S/C35H57N13O14S2/c36-8-2-1-5-18-30(57)42-14-25(50)48-10-4-7-23(48)33(60)46-21(12-27(53)54)32(59)47-22(34(61)62)16-64-63-15-17(37)28(55)44-19(6-3-9-40-35(38)39)29(56)41-13-24(49)43-20(11-26(51)52)31(58)45-18/h17-23H,1-16,36-37H2,(H,41,56)(H,42,57)(H,43,49)(H,44,55)(H,45,58)(H,46,60)(H,47,59)(H,51,52)(H,53,54)(H,61,62)(H4,38,39,40). The zero-order valence-electron chi connectivity index (χ0n) is 34.7. The summed E-state index contributed by atoms with van der Waals surface area (Å²) >= 11 is 0. The summed E-state index contributed by atoms with van der Waals surface area (Å²) in [7, 11) is 1.80. The van der Waals surface area contributed by atoms with E-state index in [1.165, 1.54) is 0 Å². The first kappa shape index (κ1) is 54.2. The summed E-state index contributed by atoms with van der Waals surface area (Å²) in [5.41, 5.74) is 22.4. The van der Waals surface area contributed by atoms with Crippen LogP contribution in [0.4, 0.5) is 0 Å². The quantitative estimate of drug-likeness (QED) is 0.0353. The average Bonchev–Trinajstić information content (AvgIpc) is 3.72. The van der Waals surface area contributed by atoms with Gasteiger partial charge in [-0.15, -0.1) is 0 Å². The van der Waals surface area contributed by atoms with Crippen LogP contribution in [-0.4, -0.2) is 178 Å². The number of amides is 8. The number of hydrogen-bond acceptors (Lipinski definition) is 16. The maximum atomic E-state index is 13.4. The number of hydrogen-bond donors (Lipinski definition) is 14. The summed E-state index contributed by atoms with van der Waals surface area (Å²) < 4.78 is 0. The van der Waals surface area contributed by atoms with E-state index in [-0.39, 0.29) is 69.2 Å². The van der Waals surface area contributed by atoms with E-state index in [9.17, 15) is 68.1 Å². The highest BCUT2D eigenvalue weighted by atomic mass is 33.1. The topological polar surface area (TPSA) is 452 Å². The summed E-state index contributed by atoms with van der Waals surface area (Å²) in [5.74, 6) is -12.9. The van der Waals surface area contributed by atoms with Crippen molar-refractivity contribution in [3.63, 3.8) is 0 Å². The molecule has 0 radical (unpaired) electrons. The Morgan fingerprint density at radius 1 is 0.672 bits per heavy atom. The molecular formula is C35H57N13O14S2. The van der Waals surface area contributed by atoms with E-state index >= 15 is 0 Å². The Morgan fingerprint density at radius 3 is 1.81 bits per heavy atom. The van der Waals surface area contributed by atoms with Crippen LogP contribution in [0.25, 0.3) is 0 Å². The lowest BCUT2D eigenvalue weighted by Gasteiger charge is -2.27. The molecule has 0 spiro atoms. The fraction of sp³-hybridized carbons (Fsp3) is 0.657. The van der Waals surface area contributed by atoms with Gasteiger partial charge in [0.2, 0.25) is 47.3 Å². The maximum Gasteiger partial charge on any atom is 0.327 e. The monoisotopic (exact) mass is 947 g/mol. The molecule has 0 saturated carbocycles. The number of carboxylic acid groups (broad SMARTS) is 3. The highest BCUT2D eigenvalue weighted by Crippen LogP contribution is 2.23. The minimum atomic E-state index is -1.79. The van der Waals surface area contributed by atoms with Crippen molar-refractivity contribution in [2.75, 3.05) is 44.2 Å². The van der Waals surface area contributed by atoms with Crippen LogP contribution in [0.1, 0.15) is 57.8 Å². The molecule has 2 saturated heterocycles. The van der Waals surface area contributed by atoms with Crippen LogP contribution in [0.2, 0.25) is 0 Å². The third-order valence-corrected chi connectivity index (χ3v) is 11.9. The van der Waals surface area contributed by atoms with Gasteiger partial charge in [-0.1, -0.05) is 21.6 Å². The van der Waals surface area contributed by atoms with Gasteiger partial charge in [0.15, 0.2) is 5.96 Å². The third-order valence-electron chi connectivity index (χ3n) is 9.43. The minimum Gasteiger partial charge on any atom is -0.481 e. The molecule has 0 aromatic carbocycles. The Kier molecular flexibility index (Phi) is 23.7. The van der Waals surface area contributed by atoms with Gasteiger partial charge in [0.25, 0.3) is 0 Å². The second-order valence-electron chi connectivity index (χ2n) is 14.5. The first-order chi connectivity index (χ1) is 30.2. The van der Waals surface area contributed by atoms with Gasteiger partial charge in [-0.05, 0) is 51.5 Å². The fourth-order valence-corrected chi connectivity index (χ4v) is 8.42. The average molecular weight is 948 g/mol. The molecule has 29 heteroatoms. The first-order valence-corrected chi connectivity index (χ1v) is 22.5. The molecule has 18 N–H and O–H groups in total. The predicted molar refractivity (Wildman–Crippen MR) is 228 cm³/mol. The van der Waals surface area contributed by atoms with E-state index in [0.717, 1.165) is 26.5 Å². The van der Waals surface area contributed by atoms with E-state index in [1.54, 1.807) is 0 Å². The van der Waals surface area contributed by atoms with Crippen molar-refractivity contribution < 1.29 is 68.1 Å². The maximum absolute atomic E-state index is 13.4. The van der Waals surface area contributed by atoms with Gasteiger partial charge in [-0.25, -0.2) is 4.79 Å². The van der Waals surface area contributed by atoms with Gasteiger partial charge in [-0.2, -0.15) is 0 Å². The summed E-state index contributed by atoms with van der Waals surface area (Å²) in [4.78, 5) is 147. The number of aliphatic imine (C=N–C) groups is 1. The molecule has 0 aromatic heterocycles. The summed E-state index contributed by atoms with van der Waals surface area (Å²) in [6.07, 6.45) is -0.832. The summed E-state index contributed by atoms with van der Waals surface area (Å²) in [5, 5.41) is 45.0. The van der Waals surface area contributed by atoms with Gasteiger partial charge in [0.1, 0.15) is 36.3 Å². The van der Waals surface area contributed by atoms with Crippen molar-refractivity contribution in [2.45, 2.75) is 100 Å². The number of nitrogens with zero attached hydrogens (tertiary/aromatic N) is 2. The van der Waals surface area contributed by atoms with E-state index in [1.807, 2.05) is 0 Å². The number of carbonyl (C=O) groups excluding carboxylic acids is 8. The number of guanidine groups is 1. The Morgan fingerprint density at radius 2 is 1.22 bits per heavy atom. The van der Waals surface area contributed by atoms with Gasteiger partial charge in [0, 0.05) is 24.6 Å². The van der Waals surface area contributed by atoms with Crippen molar-refractivity contribution in [2.24, 2.45) is 27.9 Å². The van der Waals surface area contributed by atoms with Gasteiger partial charge < -0.3 is 80.4 Å². The Bertz CT molecular complexity index is 1750. The number of unbranched alkanes of at least 4 members (excludes halogenated alkanes) is 1. The zero-order chi connectivity index (χ0) is 47.9. The lowest BCUT2D eigenvalue weighted by Crippen LogP contribution is -2.57. The van der Waals surface area contributed by atoms with Crippen LogP contribution < -0.4 is 60.2 Å². The molecule has 2 aliphatic heterocycles. The number of carbonyl (C=O) groups is 11. The number of nitrogens with one attached hydrogen (secondary N) is 7. The molecular weight excluding hydrogens is 891 g/mol. The van der Waals surface area contributed by atoms with Crippen molar-refractivity contribution >= 4 is 92.7 Å². The number of aliphatic carboxylic acids is 3. The van der Waals surface area contributed by atoms with E-state index in [4.69, 9.17) is 22.9 Å². The molecule has 8 amide bonds. The molecule has 358 valence electrons. The molecule has 0 aromatic rings. The van der Waals surface area contributed by atoms with Crippen molar-refractivity contribution in [1.82, 2.24) is 42.1 Å². The molecule has 2 fully saturated rings. The summed E-state index contributed by atoms with van der Waals surface area (Å²) in [6.45, 7) is -1.23. The van der Waals surface area contributed by atoms with Crippen molar-refractivity contribution in [3.05, 3.63) is 0 Å². The number of rotatable bonds is 13. The smallest absolute Gasteiger partial charge is 0.327 e. The van der Waals surface area contributed by atoms with E-state index < -0.39 is 133 Å². The van der Waals surface area contributed by atoms with Crippen LogP contribution in [0, 0.1) is 0 Å². The lowest BCUT2D eigenvalue weighted by atomic mass is 10.1. The Balaban J connectivity index is 2.46. The van der Waals surface area contributed by atoms with Crippen molar-refractivity contribution in [3.8, 4) is 0 Å². The normalized spacial score (nSPS) is 25.5. The Hall–Kier alpha value is -5.94. The molecule has 27 nitrogen and oxygen atoms in total. The third kappa shape index (κ3) is 19.6. The fourth-order valence-electron chi connectivity index (χ4n) is 6.14. The van der Waals surface area contributed by atoms with E-state index in [0.29, 0.717) is 12.8 Å². The van der Waals surface area contributed by atoms with Crippen LogP contribution >= 0.6 is 21.6 Å². The van der Waals surface area contributed by atoms with Crippen LogP contribution in [0.5, 0.6) is 0 Å². The van der Waals surface area contributed by atoms with Crippen LogP contribution in [0.3, 0.4) is 0 Å². The minimum absolute atomic E-state index is 0.0254. The summed E-state index contributed by atoms with van der Waals surface area (Å²) in [6, 6.07) is -10.4. The van der Waals surface area contributed by atoms with E-state index in [2.05, 4.69) is 42.2 Å². The molecule has 7 unspecified atom stereocenters. The van der Waals surface area contributed by atoms with Gasteiger partial charge in [0.05, 0.1) is 32.0 Å². The lowest BCUT2D eigenvalue weighted by molar-refractivity contribution is -0.144. The molecule has 2 aliphatic rings. The first-order valence-electron chi connectivity index (χ1n) is 20.0. The zero-order valence-corrected chi connectivity index (χ0v) is 36.3. The van der Waals surface area contributed by atoms with Crippen LogP contribution in [-0.2, 0) is 52.7 Å². The number of nitrogens with two attached hydrogens (primary N) is 4. The molecule has 0 bridgehead atoms. The molecule has 64 heavy (non-hydrogen) atoms. The predicted octanol–water partition coefficient (Wildman–Crippen LogP) is -6.43. The van der Waals surface area contributed by atoms with Gasteiger partial charge >= 0.3 is 17.9 Å². The van der Waals surface area contributed by atoms with Crippen molar-refractivity contribution in [1.29, 1.82) is 0 Å². The highest BCUT2D eigenvalue weighted by molar-refractivity contribution is 8.76. The largest absolute Gasteiger partial charge is 0.481 e. The second-order valence-corrected chi connectivity index (χ2v) is 17.0. The number of carboxylic acids is 3. The highest BCUT2D eigenvalue weighted by Gasteiger charge is 2.38. The number of fused-ring (bicyclic) bond motifs is 1. The molecule has 0 aliphatic carbocycles. The molecule has 2 heterocycles. The second kappa shape index (κ2) is 28.0. The molecule has 7 atom stereocenters.